The molecular formula is C16H20N2. The van der Waals surface area contributed by atoms with Crippen LogP contribution in [0.5, 0.6) is 0 Å². The Hall–Kier alpha value is -1.31. The maximum atomic E-state index is 4.10. The monoisotopic (exact) mass is 240 g/mol. The van der Waals surface area contributed by atoms with Gasteiger partial charge in [0.25, 0.3) is 0 Å². The normalized spacial score (nSPS) is 31.0. The van der Waals surface area contributed by atoms with Crippen molar-refractivity contribution in [3.63, 3.8) is 0 Å². The molecule has 94 valence electrons. The third kappa shape index (κ3) is 1.84. The molecule has 2 heteroatoms. The highest BCUT2D eigenvalue weighted by molar-refractivity contribution is 5.78. The molecule has 1 N–H and O–H groups in total. The third-order valence-corrected chi connectivity index (χ3v) is 5.01. The number of nitrogens with one attached hydrogen (secondary N) is 1. The minimum absolute atomic E-state index is 0.931. The van der Waals surface area contributed by atoms with Gasteiger partial charge in [0.15, 0.2) is 0 Å². The highest BCUT2D eigenvalue weighted by Crippen LogP contribution is 2.45. The standard InChI is InChI=1S/C16H20N2/c1-2-12-5-11(1)6-14(7-12)8-13-3-4-16-15(9-13)10-17-18-16/h3-4,9-12,14H,1-2,5-8H2,(H,17,18). The Bertz CT molecular complexity index is 545. The van der Waals surface area contributed by atoms with Gasteiger partial charge in [-0.15, -0.1) is 0 Å². The van der Waals surface area contributed by atoms with E-state index in [1.54, 1.807) is 0 Å². The maximum absolute atomic E-state index is 4.10. The van der Waals surface area contributed by atoms with Crippen LogP contribution in [0, 0.1) is 17.8 Å². The topological polar surface area (TPSA) is 28.7 Å². The Balaban J connectivity index is 1.53. The Morgan fingerprint density at radius 3 is 2.78 bits per heavy atom. The van der Waals surface area contributed by atoms with Crippen molar-refractivity contribution >= 4 is 10.9 Å². The molecule has 2 nitrogen and oxygen atoms in total. The average Bonchev–Trinajstić information content (AvgIpc) is 2.95. The summed E-state index contributed by atoms with van der Waals surface area (Å²) in [5.41, 5.74) is 2.65. The van der Waals surface area contributed by atoms with Crippen LogP contribution < -0.4 is 0 Å². The number of benzene rings is 1. The van der Waals surface area contributed by atoms with Crippen molar-refractivity contribution in [2.24, 2.45) is 17.8 Å². The van der Waals surface area contributed by atoms with Crippen LogP contribution in [-0.4, -0.2) is 10.2 Å². The van der Waals surface area contributed by atoms with Crippen molar-refractivity contribution in [2.75, 3.05) is 0 Å². The second-order valence-corrected chi connectivity index (χ2v) is 6.38. The molecule has 2 saturated carbocycles. The molecule has 2 bridgehead atoms. The molecule has 2 aliphatic carbocycles. The molecule has 4 rings (SSSR count). The van der Waals surface area contributed by atoms with Gasteiger partial charge >= 0.3 is 0 Å². The Labute approximate surface area is 108 Å². The van der Waals surface area contributed by atoms with E-state index in [-0.39, 0.29) is 0 Å². The lowest BCUT2D eigenvalue weighted by molar-refractivity contribution is 0.260. The van der Waals surface area contributed by atoms with Gasteiger partial charge < -0.3 is 0 Å². The van der Waals surface area contributed by atoms with Crippen molar-refractivity contribution in [3.05, 3.63) is 30.0 Å². The largest absolute Gasteiger partial charge is 0.278 e. The lowest BCUT2D eigenvalue weighted by atomic mass is 9.78. The van der Waals surface area contributed by atoms with Crippen molar-refractivity contribution in [3.8, 4) is 0 Å². The summed E-state index contributed by atoms with van der Waals surface area (Å²) >= 11 is 0. The van der Waals surface area contributed by atoms with Crippen LogP contribution in [0.3, 0.4) is 0 Å². The van der Waals surface area contributed by atoms with Crippen LogP contribution in [0.2, 0.25) is 0 Å². The molecule has 2 unspecified atom stereocenters. The number of nitrogens with zero attached hydrogens (tertiary/aromatic N) is 1. The molecule has 0 radical (unpaired) electrons. The van der Waals surface area contributed by atoms with Crippen LogP contribution in [0.25, 0.3) is 10.9 Å². The second kappa shape index (κ2) is 4.11. The molecule has 2 atom stereocenters. The van der Waals surface area contributed by atoms with Gasteiger partial charge in [0.1, 0.15) is 0 Å². The van der Waals surface area contributed by atoms with Crippen LogP contribution in [0.1, 0.15) is 37.7 Å². The Morgan fingerprint density at radius 1 is 1.11 bits per heavy atom. The summed E-state index contributed by atoms with van der Waals surface area (Å²) in [6.07, 6.45) is 10.7. The highest BCUT2D eigenvalue weighted by Gasteiger charge is 2.33. The van der Waals surface area contributed by atoms with Gasteiger partial charge in [-0.25, -0.2) is 0 Å². The predicted molar refractivity (Wildman–Crippen MR) is 73.4 cm³/mol. The van der Waals surface area contributed by atoms with E-state index in [4.69, 9.17) is 0 Å². The number of aromatic nitrogens is 2. The number of aromatic amines is 1. The zero-order chi connectivity index (χ0) is 11.9. The minimum Gasteiger partial charge on any atom is -0.278 e. The lowest BCUT2D eigenvalue weighted by Crippen LogP contribution is -2.17. The van der Waals surface area contributed by atoms with Crippen LogP contribution in [0.4, 0.5) is 0 Å². The SMILES string of the molecule is c1cc2[nH]ncc2cc1CC1CC2CCC(C2)C1. The van der Waals surface area contributed by atoms with E-state index in [1.807, 2.05) is 6.20 Å². The summed E-state index contributed by atoms with van der Waals surface area (Å²) in [6, 6.07) is 6.77. The summed E-state index contributed by atoms with van der Waals surface area (Å²) in [6.45, 7) is 0. The summed E-state index contributed by atoms with van der Waals surface area (Å²) < 4.78 is 0. The molecular weight excluding hydrogens is 220 g/mol. The molecule has 0 saturated heterocycles. The van der Waals surface area contributed by atoms with Crippen molar-refractivity contribution in [1.29, 1.82) is 0 Å². The van der Waals surface area contributed by atoms with Crippen molar-refractivity contribution in [1.82, 2.24) is 10.2 Å². The first-order valence-corrected chi connectivity index (χ1v) is 7.29. The average molecular weight is 240 g/mol. The van der Waals surface area contributed by atoms with Gasteiger partial charge in [-0.3, -0.25) is 5.10 Å². The summed E-state index contributed by atoms with van der Waals surface area (Å²) in [7, 11) is 0. The minimum atomic E-state index is 0.931. The Morgan fingerprint density at radius 2 is 1.94 bits per heavy atom. The molecule has 1 aromatic carbocycles. The fraction of sp³-hybridized carbons (Fsp3) is 0.562. The second-order valence-electron chi connectivity index (χ2n) is 6.38. The Kier molecular flexibility index (Phi) is 2.42. The van der Waals surface area contributed by atoms with E-state index in [0.717, 1.165) is 23.3 Å². The molecule has 18 heavy (non-hydrogen) atoms. The number of rotatable bonds is 2. The van der Waals surface area contributed by atoms with Gasteiger partial charge in [-0.1, -0.05) is 18.9 Å². The third-order valence-electron chi connectivity index (χ3n) is 5.01. The van der Waals surface area contributed by atoms with E-state index < -0.39 is 0 Å². The molecule has 2 fully saturated rings. The zero-order valence-electron chi connectivity index (χ0n) is 10.7. The van der Waals surface area contributed by atoms with Crippen LogP contribution in [0.15, 0.2) is 24.4 Å². The first kappa shape index (κ1) is 10.6. The smallest absolute Gasteiger partial charge is 0.0650 e. The van der Waals surface area contributed by atoms with E-state index in [0.29, 0.717) is 0 Å². The van der Waals surface area contributed by atoms with Gasteiger partial charge in [0, 0.05) is 5.39 Å². The molecule has 0 aliphatic heterocycles. The van der Waals surface area contributed by atoms with Crippen LogP contribution in [-0.2, 0) is 6.42 Å². The fourth-order valence-corrected chi connectivity index (χ4v) is 4.26. The predicted octanol–water partition coefficient (Wildman–Crippen LogP) is 3.93. The van der Waals surface area contributed by atoms with Gasteiger partial charge in [-0.2, -0.15) is 5.10 Å². The zero-order valence-corrected chi connectivity index (χ0v) is 10.7. The van der Waals surface area contributed by atoms with Gasteiger partial charge in [0.05, 0.1) is 11.7 Å². The van der Waals surface area contributed by atoms with Crippen molar-refractivity contribution < 1.29 is 0 Å². The number of hydrogen-bond acceptors (Lipinski definition) is 1. The first-order valence-electron chi connectivity index (χ1n) is 7.29. The summed E-state index contributed by atoms with van der Waals surface area (Å²) in [4.78, 5) is 0. The number of fused-ring (bicyclic) bond motifs is 3. The fourth-order valence-electron chi connectivity index (χ4n) is 4.26. The molecule has 1 heterocycles. The van der Waals surface area contributed by atoms with Gasteiger partial charge in [-0.05, 0) is 61.1 Å². The molecule has 0 spiro atoms. The summed E-state index contributed by atoms with van der Waals surface area (Å²) in [5.74, 6) is 3.03. The number of H-pyrrole nitrogens is 1. The van der Waals surface area contributed by atoms with Gasteiger partial charge in [0.2, 0.25) is 0 Å². The molecule has 1 aromatic heterocycles. The van der Waals surface area contributed by atoms with E-state index >= 15 is 0 Å². The van der Waals surface area contributed by atoms with Crippen molar-refractivity contribution in [2.45, 2.75) is 38.5 Å². The first-order chi connectivity index (χ1) is 8.87. The van der Waals surface area contributed by atoms with E-state index in [2.05, 4.69) is 28.4 Å². The van der Waals surface area contributed by atoms with E-state index in [9.17, 15) is 0 Å². The molecule has 2 aromatic rings. The number of hydrogen-bond donors (Lipinski definition) is 1. The molecule has 0 amide bonds. The quantitative estimate of drug-likeness (QED) is 0.846. The lowest BCUT2D eigenvalue weighted by Gasteiger charge is -2.27. The maximum Gasteiger partial charge on any atom is 0.0650 e. The van der Waals surface area contributed by atoms with Crippen LogP contribution >= 0.6 is 0 Å². The molecule has 2 aliphatic rings. The van der Waals surface area contributed by atoms with E-state index in [1.165, 1.54) is 49.5 Å². The summed E-state index contributed by atoms with van der Waals surface area (Å²) in [5, 5.41) is 8.38. The highest BCUT2D eigenvalue weighted by atomic mass is 15.1.